The maximum Gasteiger partial charge on any atom is 0.119 e. The Morgan fingerprint density at radius 1 is 1.21 bits per heavy atom. The predicted molar refractivity (Wildman–Crippen MR) is 76.7 cm³/mol. The van der Waals surface area contributed by atoms with Crippen LogP contribution in [0, 0.1) is 0 Å². The molecule has 1 rings (SSSR count). The summed E-state index contributed by atoms with van der Waals surface area (Å²) >= 11 is 0. The van der Waals surface area contributed by atoms with E-state index in [1.807, 2.05) is 31.2 Å². The summed E-state index contributed by atoms with van der Waals surface area (Å²) in [6, 6.07) is 7.96. The predicted octanol–water partition coefficient (Wildman–Crippen LogP) is 1.61. The Morgan fingerprint density at radius 3 is 2.58 bits per heavy atom. The lowest BCUT2D eigenvalue weighted by Gasteiger charge is -2.13. The SMILES string of the molecule is CCOCCNCC(O)COc1ccc(CC)cc1. The first kappa shape index (κ1) is 16.0. The zero-order chi connectivity index (χ0) is 13.9. The number of benzene rings is 1. The van der Waals surface area contributed by atoms with Crippen molar-refractivity contribution < 1.29 is 14.6 Å². The van der Waals surface area contributed by atoms with Gasteiger partial charge in [-0.05, 0) is 31.0 Å². The third-order valence-corrected chi connectivity index (χ3v) is 2.78. The average Bonchev–Trinajstić information content (AvgIpc) is 2.45. The molecule has 1 aromatic carbocycles. The van der Waals surface area contributed by atoms with Gasteiger partial charge in [-0.2, -0.15) is 0 Å². The molecule has 2 N–H and O–H groups in total. The molecular weight excluding hydrogens is 242 g/mol. The molecule has 0 aromatic heterocycles. The van der Waals surface area contributed by atoms with Crippen LogP contribution >= 0.6 is 0 Å². The van der Waals surface area contributed by atoms with E-state index < -0.39 is 6.10 Å². The van der Waals surface area contributed by atoms with Gasteiger partial charge < -0.3 is 19.9 Å². The summed E-state index contributed by atoms with van der Waals surface area (Å²) in [5, 5.41) is 12.9. The van der Waals surface area contributed by atoms with Gasteiger partial charge in [0.2, 0.25) is 0 Å². The molecule has 0 amide bonds. The van der Waals surface area contributed by atoms with Crippen molar-refractivity contribution in [1.82, 2.24) is 5.32 Å². The van der Waals surface area contributed by atoms with Crippen LogP contribution in [0.25, 0.3) is 0 Å². The van der Waals surface area contributed by atoms with Crippen molar-refractivity contribution in [3.8, 4) is 5.75 Å². The zero-order valence-electron chi connectivity index (χ0n) is 11.9. The van der Waals surface area contributed by atoms with Crippen LogP contribution in [0.5, 0.6) is 5.75 Å². The van der Waals surface area contributed by atoms with Crippen molar-refractivity contribution in [3.05, 3.63) is 29.8 Å². The molecule has 1 aromatic rings. The lowest BCUT2D eigenvalue weighted by Crippen LogP contribution is -2.33. The molecule has 0 aliphatic carbocycles. The molecule has 108 valence electrons. The van der Waals surface area contributed by atoms with Gasteiger partial charge in [0.05, 0.1) is 6.61 Å². The molecule has 0 bridgehead atoms. The van der Waals surface area contributed by atoms with Crippen LogP contribution in [-0.2, 0) is 11.2 Å². The molecule has 0 spiro atoms. The van der Waals surface area contributed by atoms with Crippen molar-refractivity contribution in [3.63, 3.8) is 0 Å². The Morgan fingerprint density at radius 2 is 1.95 bits per heavy atom. The van der Waals surface area contributed by atoms with Gasteiger partial charge in [-0.25, -0.2) is 0 Å². The van der Waals surface area contributed by atoms with Gasteiger partial charge in [0.15, 0.2) is 0 Å². The first-order valence-corrected chi connectivity index (χ1v) is 6.94. The summed E-state index contributed by atoms with van der Waals surface area (Å²) in [6.45, 7) is 7.03. The average molecular weight is 267 g/mol. The molecule has 1 unspecified atom stereocenters. The molecule has 19 heavy (non-hydrogen) atoms. The number of hydrogen-bond acceptors (Lipinski definition) is 4. The normalized spacial score (nSPS) is 12.4. The summed E-state index contributed by atoms with van der Waals surface area (Å²) in [4.78, 5) is 0. The van der Waals surface area contributed by atoms with Crippen molar-refractivity contribution >= 4 is 0 Å². The minimum Gasteiger partial charge on any atom is -0.491 e. The van der Waals surface area contributed by atoms with Crippen LogP contribution in [0.4, 0.5) is 0 Å². The number of rotatable bonds is 10. The van der Waals surface area contributed by atoms with Crippen LogP contribution in [0.1, 0.15) is 19.4 Å². The maximum absolute atomic E-state index is 9.74. The highest BCUT2D eigenvalue weighted by atomic mass is 16.5. The van der Waals surface area contributed by atoms with E-state index in [0.29, 0.717) is 19.8 Å². The zero-order valence-corrected chi connectivity index (χ0v) is 11.9. The molecule has 0 aliphatic rings. The van der Waals surface area contributed by atoms with E-state index in [1.165, 1.54) is 5.56 Å². The molecule has 0 aliphatic heterocycles. The summed E-state index contributed by atoms with van der Waals surface area (Å²) in [6.07, 6.45) is 0.514. The van der Waals surface area contributed by atoms with Gasteiger partial charge in [-0.3, -0.25) is 0 Å². The Hall–Kier alpha value is -1.10. The molecular formula is C15H25NO3. The molecule has 4 nitrogen and oxygen atoms in total. The van der Waals surface area contributed by atoms with Crippen molar-refractivity contribution in [2.75, 3.05) is 32.9 Å². The van der Waals surface area contributed by atoms with Gasteiger partial charge in [0.1, 0.15) is 18.5 Å². The highest BCUT2D eigenvalue weighted by molar-refractivity contribution is 5.27. The molecule has 0 fully saturated rings. The fraction of sp³-hybridized carbons (Fsp3) is 0.600. The first-order valence-electron chi connectivity index (χ1n) is 6.94. The van der Waals surface area contributed by atoms with E-state index in [2.05, 4.69) is 12.2 Å². The maximum atomic E-state index is 9.74. The van der Waals surface area contributed by atoms with E-state index in [0.717, 1.165) is 25.3 Å². The number of aliphatic hydroxyl groups excluding tert-OH is 1. The monoisotopic (exact) mass is 267 g/mol. The number of aryl methyl sites for hydroxylation is 1. The quantitative estimate of drug-likeness (QED) is 0.632. The fourth-order valence-electron chi connectivity index (χ4n) is 1.63. The molecule has 1 atom stereocenters. The van der Waals surface area contributed by atoms with Crippen LogP contribution in [0.2, 0.25) is 0 Å². The van der Waals surface area contributed by atoms with Crippen LogP contribution < -0.4 is 10.1 Å². The van der Waals surface area contributed by atoms with E-state index in [9.17, 15) is 5.11 Å². The highest BCUT2D eigenvalue weighted by Gasteiger charge is 2.04. The molecule has 4 heteroatoms. The Balaban J connectivity index is 2.13. The van der Waals surface area contributed by atoms with Crippen LogP contribution in [0.15, 0.2) is 24.3 Å². The van der Waals surface area contributed by atoms with Crippen molar-refractivity contribution in [2.24, 2.45) is 0 Å². The number of nitrogens with one attached hydrogen (secondary N) is 1. The highest BCUT2D eigenvalue weighted by Crippen LogP contribution is 2.12. The van der Waals surface area contributed by atoms with Crippen LogP contribution in [0.3, 0.4) is 0 Å². The van der Waals surface area contributed by atoms with E-state index >= 15 is 0 Å². The fourth-order valence-corrected chi connectivity index (χ4v) is 1.63. The number of aliphatic hydroxyl groups is 1. The Kier molecular flexibility index (Phi) is 8.21. The topological polar surface area (TPSA) is 50.7 Å². The summed E-state index contributed by atoms with van der Waals surface area (Å²) in [7, 11) is 0. The van der Waals surface area contributed by atoms with Crippen molar-refractivity contribution in [2.45, 2.75) is 26.4 Å². The lowest BCUT2D eigenvalue weighted by molar-refractivity contribution is 0.100. The minimum atomic E-state index is -0.507. The largest absolute Gasteiger partial charge is 0.491 e. The first-order chi connectivity index (χ1) is 9.26. The van der Waals surface area contributed by atoms with Gasteiger partial charge in [0.25, 0.3) is 0 Å². The second kappa shape index (κ2) is 9.78. The third-order valence-electron chi connectivity index (χ3n) is 2.78. The van der Waals surface area contributed by atoms with E-state index in [-0.39, 0.29) is 0 Å². The summed E-state index contributed by atoms with van der Waals surface area (Å²) in [5.41, 5.74) is 1.28. The Bertz CT molecular complexity index is 327. The minimum absolute atomic E-state index is 0.299. The Labute approximate surface area is 115 Å². The smallest absolute Gasteiger partial charge is 0.119 e. The molecule has 0 radical (unpaired) electrons. The van der Waals surface area contributed by atoms with E-state index in [4.69, 9.17) is 9.47 Å². The second-order valence-electron chi connectivity index (χ2n) is 4.36. The standard InChI is InChI=1S/C15H25NO3/c1-3-13-5-7-15(8-6-13)19-12-14(17)11-16-9-10-18-4-2/h5-8,14,16-17H,3-4,9-12H2,1-2H3. The third kappa shape index (κ3) is 7.15. The van der Waals surface area contributed by atoms with Crippen molar-refractivity contribution in [1.29, 1.82) is 0 Å². The summed E-state index contributed by atoms with van der Waals surface area (Å²) < 4.78 is 10.7. The number of ether oxygens (including phenoxy) is 2. The van der Waals surface area contributed by atoms with Gasteiger partial charge in [-0.15, -0.1) is 0 Å². The molecule has 0 saturated heterocycles. The van der Waals surface area contributed by atoms with Gasteiger partial charge in [0, 0.05) is 19.7 Å². The second-order valence-corrected chi connectivity index (χ2v) is 4.36. The molecule has 0 saturated carbocycles. The number of hydrogen-bond donors (Lipinski definition) is 2. The molecule has 0 heterocycles. The lowest BCUT2D eigenvalue weighted by atomic mass is 10.2. The van der Waals surface area contributed by atoms with Crippen LogP contribution in [-0.4, -0.2) is 44.1 Å². The van der Waals surface area contributed by atoms with Gasteiger partial charge in [-0.1, -0.05) is 19.1 Å². The summed E-state index contributed by atoms with van der Waals surface area (Å²) in [5.74, 6) is 0.797. The van der Waals surface area contributed by atoms with Gasteiger partial charge >= 0.3 is 0 Å². The van der Waals surface area contributed by atoms with E-state index in [1.54, 1.807) is 0 Å².